The van der Waals surface area contributed by atoms with Crippen LogP contribution in [-0.2, 0) is 4.74 Å². The van der Waals surface area contributed by atoms with Gasteiger partial charge >= 0.3 is 0 Å². The minimum Gasteiger partial charge on any atom is -0.492 e. The Morgan fingerprint density at radius 1 is 1.73 bits per heavy atom. The minimum atomic E-state index is -1.33. The Kier molecular flexibility index (Phi) is 1.95. The van der Waals surface area contributed by atoms with Gasteiger partial charge in [0.2, 0.25) is 0 Å². The molecule has 1 aliphatic rings. The van der Waals surface area contributed by atoms with Crippen molar-refractivity contribution in [3.05, 3.63) is 12.3 Å². The van der Waals surface area contributed by atoms with Gasteiger partial charge in [-0.1, -0.05) is 20.4 Å². The Hall–Kier alpha value is -0.530. The molecule has 1 heterocycles. The lowest BCUT2D eigenvalue weighted by Crippen LogP contribution is -2.27. The molecule has 1 nitrogen and oxygen atoms in total. The lowest BCUT2D eigenvalue weighted by atomic mass is 9.89. The largest absolute Gasteiger partial charge is 0.492 e. The second-order valence-corrected chi connectivity index (χ2v) is 3.35. The molecule has 0 aromatic rings. The summed E-state index contributed by atoms with van der Waals surface area (Å²) in [6.07, 6.45) is 0.858. The van der Waals surface area contributed by atoms with Crippen LogP contribution < -0.4 is 0 Å². The number of hydrogen-bond donors (Lipinski definition) is 0. The summed E-state index contributed by atoms with van der Waals surface area (Å²) < 4.78 is 18.9. The lowest BCUT2D eigenvalue weighted by Gasteiger charge is -2.17. The van der Waals surface area contributed by atoms with Crippen molar-refractivity contribution < 1.29 is 9.13 Å². The zero-order valence-corrected chi connectivity index (χ0v) is 7.36. The fourth-order valence-electron chi connectivity index (χ4n) is 1.44. The molecule has 0 aromatic carbocycles. The van der Waals surface area contributed by atoms with Crippen LogP contribution in [0.2, 0.25) is 0 Å². The zero-order valence-electron chi connectivity index (χ0n) is 7.36. The van der Waals surface area contributed by atoms with Crippen LogP contribution in [0.1, 0.15) is 27.2 Å². The number of allylic oxidation sites excluding steroid dienone is 1. The Labute approximate surface area is 67.2 Å². The quantitative estimate of drug-likeness (QED) is 0.570. The highest BCUT2D eigenvalue weighted by atomic mass is 19.1. The maximum absolute atomic E-state index is 13.6. The van der Waals surface area contributed by atoms with Crippen molar-refractivity contribution in [3.8, 4) is 0 Å². The summed E-state index contributed by atoms with van der Waals surface area (Å²) in [5.41, 5.74) is -1.33. The van der Waals surface area contributed by atoms with E-state index in [2.05, 4.69) is 6.58 Å². The molecule has 2 heteroatoms. The molecule has 0 spiro atoms. The van der Waals surface area contributed by atoms with Crippen molar-refractivity contribution in [2.75, 3.05) is 0 Å². The van der Waals surface area contributed by atoms with Crippen LogP contribution in [0.4, 0.5) is 4.39 Å². The van der Waals surface area contributed by atoms with Crippen LogP contribution >= 0.6 is 0 Å². The average molecular weight is 158 g/mol. The predicted molar refractivity (Wildman–Crippen MR) is 43.0 cm³/mol. The van der Waals surface area contributed by atoms with Crippen molar-refractivity contribution in [2.45, 2.75) is 39.0 Å². The van der Waals surface area contributed by atoms with E-state index >= 15 is 0 Å². The Balaban J connectivity index is 2.80. The van der Waals surface area contributed by atoms with Gasteiger partial charge in [0.1, 0.15) is 11.9 Å². The molecular formula is C9H15FO. The third-order valence-corrected chi connectivity index (χ3v) is 2.65. The van der Waals surface area contributed by atoms with E-state index in [4.69, 9.17) is 4.74 Å². The summed E-state index contributed by atoms with van der Waals surface area (Å²) in [6, 6.07) is 0. The number of halogens is 1. The van der Waals surface area contributed by atoms with Crippen molar-refractivity contribution in [2.24, 2.45) is 5.92 Å². The second-order valence-electron chi connectivity index (χ2n) is 3.35. The summed E-state index contributed by atoms with van der Waals surface area (Å²) in [4.78, 5) is 0. The second kappa shape index (κ2) is 2.50. The van der Waals surface area contributed by atoms with Crippen molar-refractivity contribution in [1.82, 2.24) is 0 Å². The third kappa shape index (κ3) is 1.15. The summed E-state index contributed by atoms with van der Waals surface area (Å²) in [7, 11) is 0. The fraction of sp³-hybridized carbons (Fsp3) is 0.778. The van der Waals surface area contributed by atoms with Gasteiger partial charge in [-0.15, -0.1) is 0 Å². The molecule has 64 valence electrons. The van der Waals surface area contributed by atoms with Crippen molar-refractivity contribution >= 4 is 0 Å². The maximum Gasteiger partial charge on any atom is 0.170 e. The van der Waals surface area contributed by atoms with E-state index in [1.54, 1.807) is 0 Å². The van der Waals surface area contributed by atoms with E-state index in [9.17, 15) is 4.39 Å². The molecule has 0 aromatic heterocycles. The highest BCUT2D eigenvalue weighted by molar-refractivity contribution is 5.13. The van der Waals surface area contributed by atoms with E-state index in [0.29, 0.717) is 0 Å². The molecule has 1 aliphatic heterocycles. The molecule has 1 fully saturated rings. The standard InChI is InChI=1S/C9H15FO/c1-5-8-6(2)9(4,10)7(3)11-8/h6,8H,3,5H2,1-2,4H3/t6-,8+,9?/m0/s1. The number of hydrogen-bond acceptors (Lipinski definition) is 1. The minimum absolute atomic E-state index is 0.0116. The third-order valence-electron chi connectivity index (χ3n) is 2.65. The molecule has 0 bridgehead atoms. The monoisotopic (exact) mass is 158 g/mol. The topological polar surface area (TPSA) is 9.23 Å². The molecule has 0 aliphatic carbocycles. The average Bonchev–Trinajstić information content (AvgIpc) is 2.14. The zero-order chi connectivity index (χ0) is 8.65. The van der Waals surface area contributed by atoms with Gasteiger partial charge in [0.15, 0.2) is 5.67 Å². The van der Waals surface area contributed by atoms with Crippen LogP contribution in [0.25, 0.3) is 0 Å². The van der Waals surface area contributed by atoms with E-state index in [-0.39, 0.29) is 17.8 Å². The summed E-state index contributed by atoms with van der Waals surface area (Å²) in [5.74, 6) is 0.219. The van der Waals surface area contributed by atoms with Gasteiger partial charge in [-0.2, -0.15) is 0 Å². The van der Waals surface area contributed by atoms with Gasteiger partial charge in [-0.05, 0) is 13.3 Å². The normalized spacial score (nSPS) is 44.2. The first-order chi connectivity index (χ1) is 5.00. The summed E-state index contributed by atoms with van der Waals surface area (Å²) >= 11 is 0. The highest BCUT2D eigenvalue weighted by Crippen LogP contribution is 2.41. The molecule has 0 amide bonds. The Morgan fingerprint density at radius 2 is 2.27 bits per heavy atom. The summed E-state index contributed by atoms with van der Waals surface area (Å²) in [5, 5.41) is 0. The van der Waals surface area contributed by atoms with Crippen LogP contribution in [0.15, 0.2) is 12.3 Å². The molecule has 0 saturated carbocycles. The molecule has 11 heavy (non-hydrogen) atoms. The van der Waals surface area contributed by atoms with Gasteiger partial charge < -0.3 is 4.74 Å². The van der Waals surface area contributed by atoms with Crippen molar-refractivity contribution in [1.29, 1.82) is 0 Å². The van der Waals surface area contributed by atoms with Crippen LogP contribution in [0, 0.1) is 5.92 Å². The van der Waals surface area contributed by atoms with Gasteiger partial charge in [0.25, 0.3) is 0 Å². The van der Waals surface area contributed by atoms with Gasteiger partial charge in [0, 0.05) is 5.92 Å². The van der Waals surface area contributed by atoms with E-state index in [1.165, 1.54) is 6.92 Å². The van der Waals surface area contributed by atoms with Gasteiger partial charge in [-0.3, -0.25) is 0 Å². The van der Waals surface area contributed by atoms with E-state index < -0.39 is 5.67 Å². The molecule has 0 radical (unpaired) electrons. The first kappa shape index (κ1) is 8.57. The molecule has 1 saturated heterocycles. The molecule has 1 unspecified atom stereocenters. The number of ether oxygens (including phenoxy) is 1. The Bertz CT molecular complexity index is 174. The maximum atomic E-state index is 13.6. The number of rotatable bonds is 1. The van der Waals surface area contributed by atoms with Crippen LogP contribution in [-0.4, -0.2) is 11.8 Å². The molecule has 3 atom stereocenters. The smallest absolute Gasteiger partial charge is 0.170 e. The van der Waals surface area contributed by atoms with Gasteiger partial charge in [0.05, 0.1) is 0 Å². The van der Waals surface area contributed by atoms with Crippen LogP contribution in [0.3, 0.4) is 0 Å². The molecule has 0 N–H and O–H groups in total. The van der Waals surface area contributed by atoms with Gasteiger partial charge in [-0.25, -0.2) is 4.39 Å². The summed E-state index contributed by atoms with van der Waals surface area (Å²) in [6.45, 7) is 8.96. The highest BCUT2D eigenvalue weighted by Gasteiger charge is 2.47. The lowest BCUT2D eigenvalue weighted by molar-refractivity contribution is 0.129. The van der Waals surface area contributed by atoms with E-state index in [0.717, 1.165) is 6.42 Å². The first-order valence-corrected chi connectivity index (χ1v) is 4.05. The Morgan fingerprint density at radius 3 is 2.45 bits per heavy atom. The first-order valence-electron chi connectivity index (χ1n) is 4.05. The van der Waals surface area contributed by atoms with Crippen LogP contribution in [0.5, 0.6) is 0 Å². The predicted octanol–water partition coefficient (Wildman–Crippen LogP) is 2.67. The fourth-order valence-corrected chi connectivity index (χ4v) is 1.44. The number of alkyl halides is 1. The van der Waals surface area contributed by atoms with Crippen molar-refractivity contribution in [3.63, 3.8) is 0 Å². The van der Waals surface area contributed by atoms with E-state index in [1.807, 2.05) is 13.8 Å². The molecular weight excluding hydrogens is 143 g/mol. The SMILES string of the molecule is C=C1O[C@H](CC)[C@H](C)C1(C)F. The molecule has 1 rings (SSSR count).